The molecule has 0 N–H and O–H groups in total. The molecule has 1 aliphatic heterocycles. The van der Waals surface area contributed by atoms with Gasteiger partial charge < -0.3 is 0 Å². The summed E-state index contributed by atoms with van der Waals surface area (Å²) in [7, 11) is -3.62. The van der Waals surface area contributed by atoms with E-state index in [4.69, 9.17) is 5.26 Å². The van der Waals surface area contributed by atoms with Crippen molar-refractivity contribution in [2.24, 2.45) is 5.92 Å². The molecule has 0 aliphatic carbocycles. The summed E-state index contributed by atoms with van der Waals surface area (Å²) in [5.74, 6) is -0.308. The van der Waals surface area contributed by atoms with Crippen LogP contribution in [0.2, 0.25) is 0 Å². The van der Waals surface area contributed by atoms with Crippen molar-refractivity contribution in [2.75, 3.05) is 13.1 Å². The number of fused-ring (bicyclic) bond motifs is 1. The molecule has 154 valence electrons. The molecule has 2 heterocycles. The van der Waals surface area contributed by atoms with E-state index in [2.05, 4.69) is 4.98 Å². The van der Waals surface area contributed by atoms with Crippen molar-refractivity contribution < 1.29 is 12.8 Å². The maximum atomic E-state index is 13.3. The Morgan fingerprint density at radius 3 is 2.50 bits per heavy atom. The molecule has 9 heteroatoms. The Morgan fingerprint density at radius 2 is 1.83 bits per heavy atom. The van der Waals surface area contributed by atoms with Crippen LogP contribution in [0.1, 0.15) is 18.4 Å². The fourth-order valence-corrected chi connectivity index (χ4v) is 5.19. The number of sulfonamides is 1. The van der Waals surface area contributed by atoms with E-state index < -0.39 is 15.8 Å². The minimum absolute atomic E-state index is 0.134. The average Bonchev–Trinajstić information content (AvgIpc) is 2.76. The van der Waals surface area contributed by atoms with Gasteiger partial charge in [-0.3, -0.25) is 9.36 Å². The molecule has 0 saturated carbocycles. The van der Waals surface area contributed by atoms with E-state index in [0.29, 0.717) is 48.9 Å². The van der Waals surface area contributed by atoms with E-state index in [1.54, 1.807) is 0 Å². The number of nitriles is 1. The van der Waals surface area contributed by atoms with E-state index in [9.17, 15) is 17.6 Å². The topological polar surface area (TPSA) is 96.1 Å². The van der Waals surface area contributed by atoms with Gasteiger partial charge in [0.05, 0.1) is 33.8 Å². The van der Waals surface area contributed by atoms with Crippen molar-refractivity contribution in [3.8, 4) is 6.07 Å². The fourth-order valence-electron chi connectivity index (χ4n) is 3.72. The lowest BCUT2D eigenvalue weighted by atomic mass is 9.98. The van der Waals surface area contributed by atoms with Gasteiger partial charge in [0.15, 0.2) is 0 Å². The molecule has 1 saturated heterocycles. The minimum atomic E-state index is -3.62. The zero-order chi connectivity index (χ0) is 21.3. The SMILES string of the molecule is N#Cc1ccc(S(=O)(=O)N2CCC(Cn3cnc4cc(F)ccc4c3=O)CC2)cc1. The largest absolute Gasteiger partial charge is 0.298 e. The van der Waals surface area contributed by atoms with Gasteiger partial charge >= 0.3 is 0 Å². The number of benzene rings is 2. The fraction of sp³-hybridized carbons (Fsp3) is 0.286. The molecule has 0 bridgehead atoms. The molecule has 30 heavy (non-hydrogen) atoms. The summed E-state index contributed by atoms with van der Waals surface area (Å²) in [5.41, 5.74) is 0.497. The summed E-state index contributed by atoms with van der Waals surface area (Å²) in [6.45, 7) is 1.14. The van der Waals surface area contributed by atoms with Crippen LogP contribution in [0.15, 0.2) is 58.5 Å². The van der Waals surface area contributed by atoms with Crippen LogP contribution in [0.25, 0.3) is 10.9 Å². The number of hydrogen-bond donors (Lipinski definition) is 0. The molecule has 0 unspecified atom stereocenters. The molecule has 0 radical (unpaired) electrons. The number of rotatable bonds is 4. The first kappa shape index (κ1) is 20.2. The monoisotopic (exact) mass is 426 g/mol. The van der Waals surface area contributed by atoms with Crippen molar-refractivity contribution in [3.05, 3.63) is 70.5 Å². The first-order chi connectivity index (χ1) is 14.4. The Bertz CT molecular complexity index is 1290. The highest BCUT2D eigenvalue weighted by Crippen LogP contribution is 2.25. The van der Waals surface area contributed by atoms with Crippen LogP contribution < -0.4 is 5.56 Å². The first-order valence-electron chi connectivity index (χ1n) is 9.53. The quantitative estimate of drug-likeness (QED) is 0.639. The van der Waals surface area contributed by atoms with Crippen LogP contribution in [0.3, 0.4) is 0 Å². The van der Waals surface area contributed by atoms with Crippen LogP contribution >= 0.6 is 0 Å². The third kappa shape index (κ3) is 3.84. The predicted molar refractivity (Wildman–Crippen MR) is 109 cm³/mol. The Kier molecular flexibility index (Phi) is 5.37. The molecule has 7 nitrogen and oxygen atoms in total. The van der Waals surface area contributed by atoms with Gasteiger partial charge in [-0.05, 0) is 55.2 Å². The second kappa shape index (κ2) is 7.97. The Balaban J connectivity index is 1.45. The molecule has 1 aromatic heterocycles. The molecular weight excluding hydrogens is 407 g/mol. The molecule has 2 aromatic carbocycles. The number of nitrogens with zero attached hydrogens (tertiary/aromatic N) is 4. The van der Waals surface area contributed by atoms with Crippen molar-refractivity contribution in [1.29, 1.82) is 5.26 Å². The summed E-state index contributed by atoms with van der Waals surface area (Å²) in [4.78, 5) is 17.0. The molecule has 1 fully saturated rings. The summed E-state index contributed by atoms with van der Waals surface area (Å²) < 4.78 is 41.9. The van der Waals surface area contributed by atoms with Crippen LogP contribution in [0.4, 0.5) is 4.39 Å². The molecule has 3 aromatic rings. The summed E-state index contributed by atoms with van der Waals surface area (Å²) in [6.07, 6.45) is 2.65. The smallest absolute Gasteiger partial charge is 0.261 e. The summed E-state index contributed by atoms with van der Waals surface area (Å²) >= 11 is 0. The Labute approximate surface area is 173 Å². The van der Waals surface area contributed by atoms with E-state index >= 15 is 0 Å². The molecular formula is C21H19FN4O3S. The maximum Gasteiger partial charge on any atom is 0.261 e. The molecule has 1 aliphatic rings. The van der Waals surface area contributed by atoms with Crippen molar-refractivity contribution in [2.45, 2.75) is 24.3 Å². The second-order valence-electron chi connectivity index (χ2n) is 7.35. The summed E-state index contributed by atoms with van der Waals surface area (Å²) in [5, 5.41) is 9.23. The van der Waals surface area contributed by atoms with Crippen LogP contribution in [0.5, 0.6) is 0 Å². The van der Waals surface area contributed by atoms with Gasteiger partial charge in [-0.2, -0.15) is 9.57 Å². The minimum Gasteiger partial charge on any atom is -0.298 e. The van der Waals surface area contributed by atoms with Gasteiger partial charge in [-0.15, -0.1) is 0 Å². The number of piperidine rings is 1. The number of hydrogen-bond acceptors (Lipinski definition) is 5. The normalized spacial score (nSPS) is 15.9. The van der Waals surface area contributed by atoms with Crippen molar-refractivity contribution in [1.82, 2.24) is 13.9 Å². The van der Waals surface area contributed by atoms with E-state index in [0.717, 1.165) is 0 Å². The van der Waals surface area contributed by atoms with E-state index in [-0.39, 0.29) is 16.4 Å². The zero-order valence-electron chi connectivity index (χ0n) is 16.0. The summed E-state index contributed by atoms with van der Waals surface area (Å²) in [6, 6.07) is 11.8. The lowest BCUT2D eigenvalue weighted by molar-refractivity contribution is 0.251. The number of aromatic nitrogens is 2. The Hall–Kier alpha value is -3.09. The number of halogens is 1. The molecule has 0 spiro atoms. The first-order valence-corrected chi connectivity index (χ1v) is 11.0. The zero-order valence-corrected chi connectivity index (χ0v) is 16.8. The van der Waals surface area contributed by atoms with Gasteiger partial charge in [-0.25, -0.2) is 17.8 Å². The van der Waals surface area contributed by atoms with Crippen LogP contribution in [0, 0.1) is 23.1 Å². The van der Waals surface area contributed by atoms with E-state index in [1.807, 2.05) is 6.07 Å². The van der Waals surface area contributed by atoms with Crippen LogP contribution in [-0.2, 0) is 16.6 Å². The van der Waals surface area contributed by atoms with Gasteiger partial charge in [-0.1, -0.05) is 0 Å². The van der Waals surface area contributed by atoms with Gasteiger partial charge in [0, 0.05) is 25.7 Å². The second-order valence-corrected chi connectivity index (χ2v) is 9.29. The van der Waals surface area contributed by atoms with E-state index in [1.165, 1.54) is 57.7 Å². The highest BCUT2D eigenvalue weighted by atomic mass is 32.2. The average molecular weight is 426 g/mol. The lowest BCUT2D eigenvalue weighted by Gasteiger charge is -2.31. The Morgan fingerprint density at radius 1 is 1.13 bits per heavy atom. The highest BCUT2D eigenvalue weighted by Gasteiger charge is 2.29. The maximum absolute atomic E-state index is 13.3. The lowest BCUT2D eigenvalue weighted by Crippen LogP contribution is -2.40. The van der Waals surface area contributed by atoms with Gasteiger partial charge in [0.25, 0.3) is 5.56 Å². The van der Waals surface area contributed by atoms with Gasteiger partial charge in [0.2, 0.25) is 10.0 Å². The molecule has 0 amide bonds. The third-order valence-corrected chi connectivity index (χ3v) is 7.35. The highest BCUT2D eigenvalue weighted by molar-refractivity contribution is 7.89. The van der Waals surface area contributed by atoms with Crippen molar-refractivity contribution in [3.63, 3.8) is 0 Å². The molecule has 4 rings (SSSR count). The third-order valence-electron chi connectivity index (χ3n) is 5.44. The standard InChI is InChI=1S/C21H19FN4O3S/c22-17-3-6-19-20(11-17)24-14-25(21(19)27)13-16-7-9-26(10-8-16)30(28,29)18-4-1-15(12-23)2-5-18/h1-6,11,14,16H,7-10,13H2. The molecule has 0 atom stereocenters. The van der Waals surface area contributed by atoms with Crippen molar-refractivity contribution >= 4 is 20.9 Å². The van der Waals surface area contributed by atoms with Gasteiger partial charge in [0.1, 0.15) is 5.82 Å². The van der Waals surface area contributed by atoms with Crippen LogP contribution in [-0.4, -0.2) is 35.4 Å². The predicted octanol–water partition coefficient (Wildman–Crippen LogP) is 2.51.